The third-order valence-corrected chi connectivity index (χ3v) is 1.94. The Balaban J connectivity index is 2.45. The van der Waals surface area contributed by atoms with Crippen LogP contribution in [0.2, 0.25) is 0 Å². The largest absolute Gasteiger partial charge is 0.459 e. The number of rotatable bonds is 3. The molecule has 4 nitrogen and oxygen atoms in total. The highest BCUT2D eigenvalue weighted by atomic mass is 32.1. The van der Waals surface area contributed by atoms with Gasteiger partial charge < -0.3 is 4.74 Å². The van der Waals surface area contributed by atoms with Crippen molar-refractivity contribution in [2.75, 3.05) is 6.61 Å². The first-order valence-corrected chi connectivity index (χ1v) is 4.19. The van der Waals surface area contributed by atoms with Gasteiger partial charge in [-0.05, 0) is 0 Å². The maximum absolute atomic E-state index is 10.4. The summed E-state index contributed by atoms with van der Waals surface area (Å²) in [4.78, 5) is 14.3. The summed E-state index contributed by atoms with van der Waals surface area (Å²) in [6.45, 7) is 1.32. The minimum absolute atomic E-state index is 0.00282. The van der Waals surface area contributed by atoms with Gasteiger partial charge in [0.05, 0.1) is 0 Å². The van der Waals surface area contributed by atoms with Gasteiger partial charge in [0.25, 0.3) is 0 Å². The molecule has 1 rings (SSSR count). The van der Waals surface area contributed by atoms with E-state index in [4.69, 9.17) is 5.41 Å². The van der Waals surface area contributed by atoms with Gasteiger partial charge in [-0.15, -0.1) is 11.3 Å². The van der Waals surface area contributed by atoms with Gasteiger partial charge >= 0.3 is 5.97 Å². The first-order valence-electron chi connectivity index (χ1n) is 3.31. The van der Waals surface area contributed by atoms with Crippen LogP contribution in [0.25, 0.3) is 0 Å². The Kier molecular flexibility index (Phi) is 2.93. The van der Waals surface area contributed by atoms with Crippen molar-refractivity contribution in [1.82, 2.24) is 4.98 Å². The van der Waals surface area contributed by atoms with Gasteiger partial charge in [0.1, 0.15) is 17.3 Å². The molecule has 0 saturated carbocycles. The van der Waals surface area contributed by atoms with Gasteiger partial charge in [-0.1, -0.05) is 0 Å². The van der Waals surface area contributed by atoms with E-state index in [0.717, 1.165) is 0 Å². The molecule has 64 valence electrons. The van der Waals surface area contributed by atoms with Crippen molar-refractivity contribution in [3.63, 3.8) is 0 Å². The molecular weight excluding hydrogens is 176 g/mol. The lowest BCUT2D eigenvalue weighted by Crippen LogP contribution is -2.11. The molecule has 0 aromatic carbocycles. The van der Waals surface area contributed by atoms with E-state index in [2.05, 4.69) is 9.72 Å². The smallest absolute Gasteiger partial charge is 0.303 e. The predicted molar refractivity (Wildman–Crippen MR) is 45.6 cm³/mol. The highest BCUT2D eigenvalue weighted by Crippen LogP contribution is 2.04. The van der Waals surface area contributed by atoms with E-state index in [1.807, 2.05) is 0 Å². The van der Waals surface area contributed by atoms with Gasteiger partial charge in [0.2, 0.25) is 0 Å². The number of nitrogens with one attached hydrogen (secondary N) is 1. The van der Waals surface area contributed by atoms with Gasteiger partial charge in [-0.2, -0.15) is 0 Å². The van der Waals surface area contributed by atoms with Crippen molar-refractivity contribution in [2.24, 2.45) is 0 Å². The van der Waals surface area contributed by atoms with E-state index in [9.17, 15) is 4.79 Å². The summed E-state index contributed by atoms with van der Waals surface area (Å²) in [5.41, 5.74) is 0.236. The van der Waals surface area contributed by atoms with Crippen molar-refractivity contribution >= 4 is 23.0 Å². The average molecular weight is 184 g/mol. The Morgan fingerprint density at radius 3 is 3.08 bits per heavy atom. The fourth-order valence-corrected chi connectivity index (χ4v) is 1.18. The van der Waals surface area contributed by atoms with Crippen LogP contribution < -0.4 is 0 Å². The molecule has 0 fully saturated rings. The number of ether oxygens (including phenoxy) is 1. The number of nitrogens with zero attached hydrogens (tertiary/aromatic N) is 1. The van der Waals surface area contributed by atoms with Crippen molar-refractivity contribution in [3.8, 4) is 0 Å². The lowest BCUT2D eigenvalue weighted by molar-refractivity contribution is -0.139. The molecule has 0 unspecified atom stereocenters. The molecule has 0 atom stereocenters. The van der Waals surface area contributed by atoms with Crippen LogP contribution in [0.5, 0.6) is 0 Å². The molecule has 1 aromatic rings. The van der Waals surface area contributed by atoms with Crippen molar-refractivity contribution < 1.29 is 9.53 Å². The number of aromatic nitrogens is 1. The normalized spacial score (nSPS) is 9.42. The van der Waals surface area contributed by atoms with Crippen LogP contribution in [-0.2, 0) is 9.53 Å². The van der Waals surface area contributed by atoms with Crippen LogP contribution in [-0.4, -0.2) is 23.3 Å². The highest BCUT2D eigenvalue weighted by Gasteiger charge is 2.04. The number of hydrogen-bond donors (Lipinski definition) is 1. The average Bonchev–Trinajstić information content (AvgIpc) is 2.51. The molecule has 1 aromatic heterocycles. The summed E-state index contributed by atoms with van der Waals surface area (Å²) >= 11 is 1.36. The number of esters is 1. The van der Waals surface area contributed by atoms with Gasteiger partial charge in [0, 0.05) is 18.5 Å². The Bertz CT molecular complexity index is 282. The monoisotopic (exact) mass is 184 g/mol. The van der Waals surface area contributed by atoms with Crippen LogP contribution in [0.15, 0.2) is 11.6 Å². The third kappa shape index (κ3) is 2.43. The molecule has 1 heterocycles. The molecule has 0 aliphatic rings. The van der Waals surface area contributed by atoms with Gasteiger partial charge in [0.15, 0.2) is 0 Å². The zero-order valence-electron chi connectivity index (χ0n) is 6.53. The topological polar surface area (TPSA) is 63.0 Å². The van der Waals surface area contributed by atoms with E-state index in [1.54, 1.807) is 11.6 Å². The fraction of sp³-hybridized carbons (Fsp3) is 0.286. The second kappa shape index (κ2) is 3.96. The number of hydrogen-bond acceptors (Lipinski definition) is 5. The molecule has 0 bridgehead atoms. The standard InChI is InChI=1S/C7H8N2O2S/c1-5(10)11-4-6(8)7-9-2-3-12-7/h2-3,8H,4H2,1H3. The van der Waals surface area contributed by atoms with Crippen LogP contribution >= 0.6 is 11.3 Å². The van der Waals surface area contributed by atoms with E-state index in [0.29, 0.717) is 5.01 Å². The molecular formula is C7H8N2O2S. The summed E-state index contributed by atoms with van der Waals surface area (Å²) in [6, 6.07) is 0. The zero-order valence-corrected chi connectivity index (χ0v) is 7.35. The lowest BCUT2D eigenvalue weighted by atomic mass is 10.4. The lowest BCUT2D eigenvalue weighted by Gasteiger charge is -1.99. The maximum atomic E-state index is 10.4. The summed E-state index contributed by atoms with van der Waals surface area (Å²) in [5, 5.41) is 9.78. The van der Waals surface area contributed by atoms with E-state index < -0.39 is 0 Å². The maximum Gasteiger partial charge on any atom is 0.303 e. The summed E-state index contributed by atoms with van der Waals surface area (Å²) in [5.74, 6) is -0.378. The minimum atomic E-state index is -0.378. The van der Waals surface area contributed by atoms with Crippen LogP contribution in [0, 0.1) is 5.41 Å². The molecule has 0 spiro atoms. The second-order valence-electron chi connectivity index (χ2n) is 2.10. The molecule has 0 aliphatic carbocycles. The fourth-order valence-electron chi connectivity index (χ4n) is 0.608. The van der Waals surface area contributed by atoms with Crippen LogP contribution in [0.3, 0.4) is 0 Å². The Morgan fingerprint density at radius 2 is 2.58 bits per heavy atom. The number of carbonyl (C=O) groups is 1. The molecule has 12 heavy (non-hydrogen) atoms. The Morgan fingerprint density at radius 1 is 1.83 bits per heavy atom. The van der Waals surface area contributed by atoms with Crippen molar-refractivity contribution in [1.29, 1.82) is 5.41 Å². The van der Waals surface area contributed by atoms with Crippen molar-refractivity contribution in [3.05, 3.63) is 16.6 Å². The first-order chi connectivity index (χ1) is 5.70. The van der Waals surface area contributed by atoms with Gasteiger partial charge in [-0.3, -0.25) is 10.2 Å². The molecule has 5 heteroatoms. The van der Waals surface area contributed by atoms with E-state index in [-0.39, 0.29) is 18.3 Å². The van der Waals surface area contributed by atoms with E-state index in [1.165, 1.54) is 18.3 Å². The minimum Gasteiger partial charge on any atom is -0.459 e. The van der Waals surface area contributed by atoms with Crippen LogP contribution in [0.1, 0.15) is 11.9 Å². The molecule has 0 saturated heterocycles. The molecule has 1 N–H and O–H groups in total. The third-order valence-electron chi connectivity index (χ3n) is 1.11. The Hall–Kier alpha value is -1.23. The van der Waals surface area contributed by atoms with Crippen molar-refractivity contribution in [2.45, 2.75) is 6.92 Å². The predicted octanol–water partition coefficient (Wildman–Crippen LogP) is 1.07. The summed E-state index contributed by atoms with van der Waals surface area (Å²) < 4.78 is 4.63. The quantitative estimate of drug-likeness (QED) is 0.564. The molecule has 0 aliphatic heterocycles. The van der Waals surface area contributed by atoms with E-state index >= 15 is 0 Å². The SMILES string of the molecule is CC(=O)OCC(=N)c1nccs1. The van der Waals surface area contributed by atoms with Gasteiger partial charge in [-0.25, -0.2) is 4.98 Å². The summed E-state index contributed by atoms with van der Waals surface area (Å²) in [7, 11) is 0. The highest BCUT2D eigenvalue weighted by molar-refractivity contribution is 7.11. The summed E-state index contributed by atoms with van der Waals surface area (Å²) in [6.07, 6.45) is 1.61. The number of carbonyl (C=O) groups excluding carboxylic acids is 1. The molecule has 0 amide bonds. The van der Waals surface area contributed by atoms with Crippen LogP contribution in [0.4, 0.5) is 0 Å². The Labute approximate surface area is 73.7 Å². The zero-order chi connectivity index (χ0) is 8.97. The second-order valence-corrected chi connectivity index (χ2v) is 2.99. The number of thiazole rings is 1. The first kappa shape index (κ1) is 8.86. The molecule has 0 radical (unpaired) electrons.